The molecule has 1 aromatic heterocycles. The molecule has 2 atom stereocenters. The first-order valence-corrected chi connectivity index (χ1v) is 14.3. The normalized spacial score (nSPS) is 19.9. The van der Waals surface area contributed by atoms with Gasteiger partial charge in [-0.3, -0.25) is 15.4 Å². The van der Waals surface area contributed by atoms with Crippen LogP contribution in [0.15, 0.2) is 47.4 Å². The monoisotopic (exact) mass is 565 g/mol. The van der Waals surface area contributed by atoms with Crippen LogP contribution in [-0.4, -0.2) is 80.2 Å². The number of rotatable bonds is 10. The summed E-state index contributed by atoms with van der Waals surface area (Å²) in [6, 6.07) is 6.66. The maximum atomic E-state index is 13.7. The number of amides is 4. The van der Waals surface area contributed by atoms with Crippen molar-refractivity contribution in [3.05, 3.63) is 58.6 Å². The maximum absolute atomic E-state index is 13.7. The summed E-state index contributed by atoms with van der Waals surface area (Å²) in [5.41, 5.74) is 0.741. The van der Waals surface area contributed by atoms with E-state index >= 15 is 0 Å². The number of hydrogen-bond acceptors (Lipinski definition) is 11. The highest BCUT2D eigenvalue weighted by molar-refractivity contribution is 7.90. The quantitative estimate of drug-likeness (QED) is 0.242. The number of aromatic nitrogens is 1. The Balaban J connectivity index is 1.78. The van der Waals surface area contributed by atoms with Crippen LogP contribution in [0.3, 0.4) is 0 Å². The SMILES string of the molecule is COC(=O)c1csc(NC(=O)C(CCS(C)(=O)=O)[N+]2(C3=C(Cc4ccccc4)OCO3)C(=O)CNC2=O)n1. The van der Waals surface area contributed by atoms with Gasteiger partial charge in [0.1, 0.15) is 16.4 Å². The molecule has 2 aromatic rings. The molecular weight excluding hydrogens is 540 g/mol. The van der Waals surface area contributed by atoms with Gasteiger partial charge >= 0.3 is 23.8 Å². The molecule has 2 aliphatic heterocycles. The maximum Gasteiger partial charge on any atom is 0.433 e. The highest BCUT2D eigenvalue weighted by Crippen LogP contribution is 2.37. The molecule has 38 heavy (non-hydrogen) atoms. The Hall–Kier alpha value is -3.82. The molecule has 2 unspecified atom stereocenters. The number of sulfone groups is 1. The summed E-state index contributed by atoms with van der Waals surface area (Å²) in [6.07, 6.45) is 0.744. The number of quaternary nitrogens is 1. The van der Waals surface area contributed by atoms with Crippen molar-refractivity contribution >= 4 is 50.1 Å². The number of thiazole rings is 1. The second-order valence-electron chi connectivity index (χ2n) is 8.53. The number of nitrogens with zero attached hydrogens (tertiary/aromatic N) is 2. The van der Waals surface area contributed by atoms with E-state index in [9.17, 15) is 27.6 Å². The number of ether oxygens (including phenoxy) is 3. The van der Waals surface area contributed by atoms with Crippen molar-refractivity contribution in [2.24, 2.45) is 0 Å². The van der Waals surface area contributed by atoms with E-state index in [-0.39, 0.29) is 35.7 Å². The molecule has 1 saturated heterocycles. The molecule has 3 heterocycles. The summed E-state index contributed by atoms with van der Waals surface area (Å²) in [5.74, 6) is -2.83. The number of hydrogen-bond donors (Lipinski definition) is 2. The first-order valence-electron chi connectivity index (χ1n) is 11.3. The molecule has 0 saturated carbocycles. The van der Waals surface area contributed by atoms with Crippen LogP contribution in [0.5, 0.6) is 0 Å². The smallest absolute Gasteiger partial charge is 0.433 e. The van der Waals surface area contributed by atoms with Crippen LogP contribution in [0, 0.1) is 0 Å². The van der Waals surface area contributed by atoms with Crippen LogP contribution in [0.25, 0.3) is 0 Å². The molecule has 1 fully saturated rings. The summed E-state index contributed by atoms with van der Waals surface area (Å²) in [7, 11) is -2.43. The fourth-order valence-corrected chi connectivity index (χ4v) is 5.56. The van der Waals surface area contributed by atoms with Gasteiger partial charge in [-0.1, -0.05) is 34.8 Å². The molecule has 4 amide bonds. The van der Waals surface area contributed by atoms with E-state index in [1.165, 1.54) is 12.5 Å². The topological polar surface area (TPSA) is 167 Å². The number of allylic oxidation sites excluding steroid dienone is 1. The number of anilines is 1. The van der Waals surface area contributed by atoms with Crippen molar-refractivity contribution in [3.8, 4) is 0 Å². The van der Waals surface area contributed by atoms with Gasteiger partial charge in [0, 0.05) is 24.5 Å². The lowest BCUT2D eigenvalue weighted by Crippen LogP contribution is -2.63. The molecule has 4 rings (SSSR count). The number of methoxy groups -OCH3 is 1. The van der Waals surface area contributed by atoms with Gasteiger partial charge < -0.3 is 14.2 Å². The minimum absolute atomic E-state index is 0.00737. The zero-order valence-electron chi connectivity index (χ0n) is 20.5. The lowest BCUT2D eigenvalue weighted by molar-refractivity contribution is -0.763. The highest BCUT2D eigenvalue weighted by Gasteiger charge is 2.64. The minimum atomic E-state index is -3.61. The van der Waals surface area contributed by atoms with E-state index in [0.717, 1.165) is 23.2 Å². The van der Waals surface area contributed by atoms with Crippen molar-refractivity contribution in [1.29, 1.82) is 0 Å². The first kappa shape index (κ1) is 27.2. The number of esters is 1. The van der Waals surface area contributed by atoms with Crippen molar-refractivity contribution in [1.82, 2.24) is 10.3 Å². The predicted molar refractivity (Wildman–Crippen MR) is 133 cm³/mol. The number of imide groups is 1. The Kier molecular flexibility index (Phi) is 7.80. The number of urea groups is 1. The third-order valence-corrected chi connectivity index (χ3v) is 7.70. The number of benzene rings is 1. The summed E-state index contributed by atoms with van der Waals surface area (Å²) in [6.45, 7) is -0.704. The van der Waals surface area contributed by atoms with Crippen LogP contribution >= 0.6 is 11.3 Å². The van der Waals surface area contributed by atoms with Crippen LogP contribution in [0.4, 0.5) is 9.93 Å². The van der Waals surface area contributed by atoms with Gasteiger partial charge in [0.2, 0.25) is 12.6 Å². The largest absolute Gasteiger partial charge is 0.464 e. The van der Waals surface area contributed by atoms with E-state index in [4.69, 9.17) is 9.47 Å². The Morgan fingerprint density at radius 2 is 1.97 bits per heavy atom. The molecule has 0 spiro atoms. The lowest BCUT2D eigenvalue weighted by Gasteiger charge is -2.32. The van der Waals surface area contributed by atoms with E-state index in [1.54, 1.807) is 0 Å². The lowest BCUT2D eigenvalue weighted by atomic mass is 10.1. The standard InChI is InChI=1S/C23H24N4O9S2/c1-34-21(30)15-12-37-22(25-15)26-19(29)16(8-9-38(2,32)33)27(18(28)11-24-23(27)31)20-17(35-13-36-20)10-14-6-4-3-5-7-14/h3-7,12,16H,8-11,13H2,1-2H3,(H-,24,25,26,29,31)/p+1. The molecule has 0 bridgehead atoms. The van der Waals surface area contributed by atoms with E-state index in [2.05, 4.69) is 20.4 Å². The first-order chi connectivity index (χ1) is 18.1. The summed E-state index contributed by atoms with van der Waals surface area (Å²) in [4.78, 5) is 56.3. The Morgan fingerprint density at radius 3 is 2.61 bits per heavy atom. The third kappa shape index (κ3) is 5.39. The molecule has 2 aliphatic rings. The van der Waals surface area contributed by atoms with Gasteiger partial charge in [-0.25, -0.2) is 27.8 Å². The van der Waals surface area contributed by atoms with Gasteiger partial charge in [-0.2, -0.15) is 0 Å². The molecule has 202 valence electrons. The van der Waals surface area contributed by atoms with Gasteiger partial charge in [0.25, 0.3) is 5.91 Å². The Morgan fingerprint density at radius 1 is 1.24 bits per heavy atom. The van der Waals surface area contributed by atoms with Gasteiger partial charge in [0.05, 0.1) is 12.9 Å². The van der Waals surface area contributed by atoms with Crippen molar-refractivity contribution in [3.63, 3.8) is 0 Å². The van der Waals surface area contributed by atoms with Crippen molar-refractivity contribution in [2.75, 3.05) is 37.8 Å². The van der Waals surface area contributed by atoms with E-state index in [0.29, 0.717) is 0 Å². The Labute approximate surface area is 221 Å². The predicted octanol–water partition coefficient (Wildman–Crippen LogP) is 1.15. The zero-order chi connectivity index (χ0) is 27.5. The molecule has 1 aromatic carbocycles. The van der Waals surface area contributed by atoms with Crippen molar-refractivity contribution < 1.29 is 46.3 Å². The van der Waals surface area contributed by atoms with E-state index < -0.39 is 62.9 Å². The molecule has 15 heteroatoms. The molecule has 0 radical (unpaired) electrons. The summed E-state index contributed by atoms with van der Waals surface area (Å²) < 4.78 is 38.9. The molecule has 13 nitrogen and oxygen atoms in total. The average Bonchev–Trinajstić information content (AvgIpc) is 3.60. The van der Waals surface area contributed by atoms with Crippen LogP contribution in [0.2, 0.25) is 0 Å². The second-order valence-corrected chi connectivity index (χ2v) is 11.6. The number of carbonyl (C=O) groups excluding carboxylic acids is 4. The molecule has 0 aliphatic carbocycles. The summed E-state index contributed by atoms with van der Waals surface area (Å²) in [5, 5.41) is 6.32. The third-order valence-electron chi connectivity index (χ3n) is 5.96. The summed E-state index contributed by atoms with van der Waals surface area (Å²) >= 11 is 0.918. The van der Waals surface area contributed by atoms with Crippen LogP contribution in [0.1, 0.15) is 22.5 Å². The average molecular weight is 566 g/mol. The van der Waals surface area contributed by atoms with Crippen molar-refractivity contribution in [2.45, 2.75) is 18.9 Å². The number of carbonyl (C=O) groups is 4. The minimum Gasteiger partial charge on any atom is -0.464 e. The number of nitrogens with one attached hydrogen (secondary N) is 2. The Bertz CT molecular complexity index is 1390. The van der Waals surface area contributed by atoms with E-state index in [1.807, 2.05) is 30.3 Å². The molecular formula is C23H25N4O9S2+. The van der Waals surface area contributed by atoms with Gasteiger partial charge in [-0.15, -0.1) is 11.3 Å². The fraction of sp³-hybridized carbons (Fsp3) is 0.348. The van der Waals surface area contributed by atoms with Crippen LogP contribution in [-0.2, 0) is 40.1 Å². The van der Waals surface area contributed by atoms with Crippen LogP contribution < -0.4 is 10.6 Å². The second kappa shape index (κ2) is 10.9. The molecule has 2 N–H and O–H groups in total. The van der Waals surface area contributed by atoms with Gasteiger partial charge in [0.15, 0.2) is 16.9 Å². The fourth-order valence-electron chi connectivity index (χ4n) is 4.23. The highest BCUT2D eigenvalue weighted by atomic mass is 32.2. The van der Waals surface area contributed by atoms with Gasteiger partial charge in [-0.05, 0) is 5.56 Å². The zero-order valence-corrected chi connectivity index (χ0v) is 22.1.